The van der Waals surface area contributed by atoms with Crippen molar-refractivity contribution in [1.82, 2.24) is 19.5 Å². The molecule has 0 fully saturated rings. The highest BCUT2D eigenvalue weighted by Crippen LogP contribution is 2.21. The van der Waals surface area contributed by atoms with Gasteiger partial charge in [-0.25, -0.2) is 15.0 Å². The van der Waals surface area contributed by atoms with Crippen LogP contribution in [0.25, 0.3) is 28.3 Å². The molecule has 6 nitrogen and oxygen atoms in total. The van der Waals surface area contributed by atoms with E-state index in [-0.39, 0.29) is 5.82 Å². The fraction of sp³-hybridized carbons (Fsp3) is 0.0476. The van der Waals surface area contributed by atoms with Gasteiger partial charge in [0.05, 0.1) is 39.0 Å². The third-order valence-electron chi connectivity index (χ3n) is 3.70. The second-order valence-electron chi connectivity index (χ2n) is 5.55. The molecule has 3 aromatic heterocycles. The topological polar surface area (TPSA) is 72.7 Å². The molecule has 4 rings (SSSR count). The first-order chi connectivity index (χ1) is 16.1. The summed E-state index contributed by atoms with van der Waals surface area (Å²) in [6.07, 6.45) is 4.81. The number of rotatable bonds is 4. The van der Waals surface area contributed by atoms with Crippen LogP contribution >= 0.6 is 0 Å². The predicted molar refractivity (Wildman–Crippen MR) is 106 cm³/mol. The van der Waals surface area contributed by atoms with Crippen LogP contribution in [-0.4, -0.2) is 25.4 Å². The maximum atomic E-state index is 12.6. The van der Waals surface area contributed by atoms with Gasteiger partial charge in [-0.15, -0.1) is 0 Å². The Balaban J connectivity index is 1.68. The SMILES string of the molecule is [2H]/C(C(=O)Nc1cc2nc(-c3cncn3C)ccc2cn1)=C(/[2H])c1c([2H])c([2H])c([2H])c([2H])c1[2H]. The number of amides is 1. The van der Waals surface area contributed by atoms with E-state index >= 15 is 0 Å². The molecular formula is C21H17N5O. The van der Waals surface area contributed by atoms with E-state index in [1.165, 1.54) is 12.3 Å². The zero-order chi connectivity index (χ0) is 24.7. The number of pyridine rings is 2. The molecule has 132 valence electrons. The van der Waals surface area contributed by atoms with Crippen molar-refractivity contribution in [2.45, 2.75) is 0 Å². The lowest BCUT2D eigenvalue weighted by Gasteiger charge is -2.06. The van der Waals surface area contributed by atoms with E-state index in [0.717, 1.165) is 5.69 Å². The van der Waals surface area contributed by atoms with Crippen LogP contribution in [0.3, 0.4) is 0 Å². The monoisotopic (exact) mass is 362 g/mol. The summed E-state index contributed by atoms with van der Waals surface area (Å²) in [6.45, 7) is 0. The quantitative estimate of drug-likeness (QED) is 0.562. The van der Waals surface area contributed by atoms with Crippen molar-refractivity contribution in [1.29, 1.82) is 0 Å². The van der Waals surface area contributed by atoms with Crippen LogP contribution in [0.2, 0.25) is 0 Å². The second-order valence-corrected chi connectivity index (χ2v) is 5.55. The number of fused-ring (bicyclic) bond motifs is 1. The zero-order valence-corrected chi connectivity index (χ0v) is 14.2. The number of imidazole rings is 1. The Morgan fingerprint density at radius 2 is 2.11 bits per heavy atom. The highest BCUT2D eigenvalue weighted by molar-refractivity contribution is 6.02. The zero-order valence-electron chi connectivity index (χ0n) is 21.2. The molecule has 0 radical (unpaired) electrons. The van der Waals surface area contributed by atoms with Gasteiger partial charge in [-0.1, -0.05) is 30.2 Å². The van der Waals surface area contributed by atoms with E-state index in [4.69, 9.17) is 9.60 Å². The molecule has 1 amide bonds. The van der Waals surface area contributed by atoms with E-state index in [1.54, 1.807) is 12.5 Å². The van der Waals surface area contributed by atoms with Crippen molar-refractivity contribution in [2.24, 2.45) is 7.05 Å². The molecule has 1 aromatic carbocycles. The smallest absolute Gasteiger partial charge is 0.249 e. The van der Waals surface area contributed by atoms with E-state index in [9.17, 15) is 4.79 Å². The highest BCUT2D eigenvalue weighted by atomic mass is 16.1. The molecule has 0 bridgehead atoms. The summed E-state index contributed by atoms with van der Waals surface area (Å²) in [5, 5.41) is 3.12. The van der Waals surface area contributed by atoms with Gasteiger partial charge in [0.25, 0.3) is 0 Å². The van der Waals surface area contributed by atoms with Crippen LogP contribution in [-0.2, 0) is 11.8 Å². The minimum atomic E-state index is -1.02. The Hall–Kier alpha value is -3.80. The van der Waals surface area contributed by atoms with Crippen LogP contribution in [0.15, 0.2) is 73.2 Å². The molecule has 0 saturated heterocycles. The van der Waals surface area contributed by atoms with Crippen molar-refractivity contribution in [2.75, 3.05) is 5.32 Å². The molecule has 0 spiro atoms. The molecule has 0 unspecified atom stereocenters. The van der Waals surface area contributed by atoms with Crippen LogP contribution in [0.1, 0.15) is 15.2 Å². The van der Waals surface area contributed by atoms with E-state index < -0.39 is 53.8 Å². The van der Waals surface area contributed by atoms with E-state index in [0.29, 0.717) is 16.6 Å². The third kappa shape index (κ3) is 3.74. The van der Waals surface area contributed by atoms with Gasteiger partial charge in [-0.2, -0.15) is 0 Å². The number of anilines is 1. The number of nitrogens with zero attached hydrogens (tertiary/aromatic N) is 4. The minimum absolute atomic E-state index is 0.0748. The molecule has 0 aliphatic heterocycles. The molecule has 0 saturated carbocycles. The first kappa shape index (κ1) is 10.4. The largest absolute Gasteiger partial charge is 0.332 e. The average molecular weight is 362 g/mol. The highest BCUT2D eigenvalue weighted by Gasteiger charge is 2.07. The van der Waals surface area contributed by atoms with Gasteiger partial charge in [-0.05, 0) is 23.7 Å². The molecule has 6 heteroatoms. The lowest BCUT2D eigenvalue weighted by molar-refractivity contribution is -0.111. The minimum Gasteiger partial charge on any atom is -0.332 e. The summed E-state index contributed by atoms with van der Waals surface area (Å²) < 4.78 is 57.0. The third-order valence-corrected chi connectivity index (χ3v) is 3.70. The fourth-order valence-corrected chi connectivity index (χ4v) is 2.41. The summed E-state index contributed by atoms with van der Waals surface area (Å²) in [4.78, 5) is 25.4. The Morgan fingerprint density at radius 1 is 1.26 bits per heavy atom. The van der Waals surface area contributed by atoms with Crippen LogP contribution < -0.4 is 5.32 Å². The molecule has 3 heterocycles. The maximum Gasteiger partial charge on any atom is 0.249 e. The Labute approximate surface area is 166 Å². The van der Waals surface area contributed by atoms with E-state index in [2.05, 4.69) is 20.3 Å². The van der Waals surface area contributed by atoms with Gasteiger partial charge >= 0.3 is 0 Å². The Bertz CT molecular complexity index is 1470. The molecule has 27 heavy (non-hydrogen) atoms. The van der Waals surface area contributed by atoms with Crippen molar-refractivity contribution in [3.8, 4) is 11.4 Å². The molecular weight excluding hydrogens is 338 g/mol. The lowest BCUT2D eigenvalue weighted by Crippen LogP contribution is -2.09. The second kappa shape index (κ2) is 7.21. The number of benzene rings is 1. The number of aromatic nitrogens is 4. The van der Waals surface area contributed by atoms with Crippen LogP contribution in [0.4, 0.5) is 5.82 Å². The fourth-order valence-electron chi connectivity index (χ4n) is 2.41. The normalized spacial score (nSPS) is 15.5. The summed E-state index contributed by atoms with van der Waals surface area (Å²) >= 11 is 0. The molecule has 4 aromatic rings. The molecule has 0 aliphatic carbocycles. The van der Waals surface area contributed by atoms with Gasteiger partial charge in [-0.3, -0.25) is 4.79 Å². The summed E-state index contributed by atoms with van der Waals surface area (Å²) in [7, 11) is 1.84. The van der Waals surface area contributed by atoms with Gasteiger partial charge in [0.1, 0.15) is 5.82 Å². The number of hydrogen-bond acceptors (Lipinski definition) is 4. The van der Waals surface area contributed by atoms with Gasteiger partial charge in [0.2, 0.25) is 5.91 Å². The Morgan fingerprint density at radius 3 is 2.89 bits per heavy atom. The van der Waals surface area contributed by atoms with Crippen molar-refractivity contribution in [3.05, 3.63) is 78.7 Å². The number of nitrogens with one attached hydrogen (secondary N) is 1. The van der Waals surface area contributed by atoms with Crippen LogP contribution in [0, 0.1) is 0 Å². The van der Waals surface area contributed by atoms with Gasteiger partial charge < -0.3 is 9.88 Å². The lowest BCUT2D eigenvalue weighted by atomic mass is 10.2. The first-order valence-electron chi connectivity index (χ1n) is 11.4. The molecule has 0 aliphatic rings. The first-order valence-corrected chi connectivity index (χ1v) is 7.89. The summed E-state index contributed by atoms with van der Waals surface area (Å²) in [6, 6.07) is 0.212. The average Bonchev–Trinajstić information content (AvgIpc) is 3.26. The maximum absolute atomic E-state index is 12.6. The van der Waals surface area contributed by atoms with Gasteiger partial charge in [0, 0.05) is 30.7 Å². The number of carbonyl (C=O) groups excluding carboxylic acids is 1. The summed E-state index contributed by atoms with van der Waals surface area (Å²) in [5.74, 6) is -0.947. The molecule has 0 atom stereocenters. The molecule has 1 N–H and O–H groups in total. The van der Waals surface area contributed by atoms with Crippen molar-refractivity contribution < 1.29 is 14.4 Å². The van der Waals surface area contributed by atoms with Gasteiger partial charge in [0.15, 0.2) is 0 Å². The van der Waals surface area contributed by atoms with Crippen molar-refractivity contribution >= 4 is 28.7 Å². The van der Waals surface area contributed by atoms with Crippen molar-refractivity contribution in [3.63, 3.8) is 0 Å². The number of hydrogen-bond donors (Lipinski definition) is 1. The standard InChI is InChI=1S/C21H17N5O/c1-26-14-22-13-19(26)17-9-8-16-12-23-20(11-18(16)24-17)25-21(27)10-7-15-5-3-2-4-6-15/h2-14H,1H3,(H,23,25,27)/b10-7+/i2D,3D,4D,5D,6D,7D,10D. The number of aryl methyl sites for hydroxylation is 1. The Kier molecular flexibility index (Phi) is 2.77. The summed E-state index contributed by atoms with van der Waals surface area (Å²) in [5.41, 5.74) is 1.45. The van der Waals surface area contributed by atoms with Crippen LogP contribution in [0.5, 0.6) is 0 Å². The predicted octanol–water partition coefficient (Wildman–Crippen LogP) is 3.68. The van der Waals surface area contributed by atoms with E-state index in [1.807, 2.05) is 23.7 Å². The number of carbonyl (C=O) groups is 1.